The number of nitrogens with zero attached hydrogens (tertiary/aromatic N) is 3. The van der Waals surface area contributed by atoms with Crippen LogP contribution in [0.2, 0.25) is 0 Å². The highest BCUT2D eigenvalue weighted by Gasteiger charge is 2.20. The van der Waals surface area contributed by atoms with Crippen molar-refractivity contribution in [1.82, 2.24) is 15.0 Å². The third-order valence-electron chi connectivity index (χ3n) is 3.17. The van der Waals surface area contributed by atoms with Crippen LogP contribution in [-0.2, 0) is 4.74 Å². The van der Waals surface area contributed by atoms with E-state index < -0.39 is 0 Å². The van der Waals surface area contributed by atoms with Crippen LogP contribution in [-0.4, -0.2) is 21.1 Å². The second-order valence-electron chi connectivity index (χ2n) is 4.52. The van der Waals surface area contributed by atoms with Gasteiger partial charge < -0.3 is 4.74 Å². The number of rotatable bonds is 5. The lowest BCUT2D eigenvalue weighted by Crippen LogP contribution is -2.23. The zero-order chi connectivity index (χ0) is 11.2. The van der Waals surface area contributed by atoms with E-state index in [1.54, 1.807) is 6.20 Å². The Labute approximate surface area is 97.0 Å². The molecule has 1 unspecified atom stereocenters. The van der Waals surface area contributed by atoms with Gasteiger partial charge in [-0.05, 0) is 19.3 Å². The van der Waals surface area contributed by atoms with Crippen molar-refractivity contribution in [1.29, 1.82) is 0 Å². The average Bonchev–Trinajstić information content (AvgIpc) is 2.83. The molecule has 0 aromatic carbocycles. The number of hydrogen-bond donors (Lipinski definition) is 0. The van der Waals surface area contributed by atoms with Crippen molar-refractivity contribution in [3.05, 3.63) is 12.4 Å². The molecule has 4 heteroatoms. The molecule has 1 atom stereocenters. The van der Waals surface area contributed by atoms with E-state index >= 15 is 0 Å². The van der Waals surface area contributed by atoms with E-state index in [1.165, 1.54) is 32.1 Å². The fourth-order valence-corrected chi connectivity index (χ4v) is 2.30. The molecule has 2 rings (SSSR count). The van der Waals surface area contributed by atoms with Crippen LogP contribution in [0.1, 0.15) is 58.1 Å². The Morgan fingerprint density at radius 1 is 1.38 bits per heavy atom. The van der Waals surface area contributed by atoms with Gasteiger partial charge in [-0.25, -0.2) is 4.68 Å². The zero-order valence-corrected chi connectivity index (χ0v) is 10.0. The Morgan fingerprint density at radius 3 is 2.81 bits per heavy atom. The maximum atomic E-state index is 6.14. The smallest absolute Gasteiger partial charge is 0.152 e. The summed E-state index contributed by atoms with van der Waals surface area (Å²) in [6, 6.07) is 0. The average molecular weight is 223 g/mol. The topological polar surface area (TPSA) is 39.9 Å². The summed E-state index contributed by atoms with van der Waals surface area (Å²) in [6.07, 6.45) is 12.6. The predicted octanol–water partition coefficient (Wildman–Crippen LogP) is 2.93. The van der Waals surface area contributed by atoms with Crippen LogP contribution in [0.15, 0.2) is 12.4 Å². The molecule has 90 valence electrons. The van der Waals surface area contributed by atoms with Crippen molar-refractivity contribution in [2.24, 2.45) is 0 Å². The van der Waals surface area contributed by atoms with Gasteiger partial charge in [0.1, 0.15) is 0 Å². The standard InChI is InChI=1S/C12H21N3O/c1-2-6-12(15-10-9-13-14-15)16-11-7-4-3-5-8-11/h9-12H,2-8H2,1H3. The summed E-state index contributed by atoms with van der Waals surface area (Å²) < 4.78 is 7.98. The van der Waals surface area contributed by atoms with Gasteiger partial charge in [0.2, 0.25) is 0 Å². The van der Waals surface area contributed by atoms with Gasteiger partial charge in [0, 0.05) is 6.20 Å². The number of hydrogen-bond acceptors (Lipinski definition) is 3. The minimum Gasteiger partial charge on any atom is -0.353 e. The normalized spacial score (nSPS) is 19.8. The fraction of sp³-hybridized carbons (Fsp3) is 0.833. The first kappa shape index (κ1) is 11.6. The summed E-state index contributed by atoms with van der Waals surface area (Å²) in [5.41, 5.74) is 0. The van der Waals surface area contributed by atoms with Gasteiger partial charge in [0.05, 0.1) is 12.3 Å². The zero-order valence-electron chi connectivity index (χ0n) is 10.0. The Bertz CT molecular complexity index is 280. The van der Waals surface area contributed by atoms with E-state index in [1.807, 2.05) is 10.9 Å². The Balaban J connectivity index is 1.91. The maximum Gasteiger partial charge on any atom is 0.152 e. The van der Waals surface area contributed by atoms with Gasteiger partial charge in [-0.1, -0.05) is 37.8 Å². The second kappa shape index (κ2) is 5.99. The van der Waals surface area contributed by atoms with Crippen LogP contribution >= 0.6 is 0 Å². The van der Waals surface area contributed by atoms with Crippen molar-refractivity contribution in [3.63, 3.8) is 0 Å². The first-order valence-corrected chi connectivity index (χ1v) is 6.41. The third kappa shape index (κ3) is 3.04. The molecule has 1 heterocycles. The Kier molecular flexibility index (Phi) is 4.34. The molecule has 16 heavy (non-hydrogen) atoms. The van der Waals surface area contributed by atoms with Crippen LogP contribution in [0.4, 0.5) is 0 Å². The molecule has 1 aliphatic carbocycles. The van der Waals surface area contributed by atoms with Crippen LogP contribution in [0, 0.1) is 0 Å². The molecule has 0 N–H and O–H groups in total. The molecular formula is C12H21N3O. The van der Waals surface area contributed by atoms with Gasteiger partial charge in [-0.15, -0.1) is 5.10 Å². The van der Waals surface area contributed by atoms with Gasteiger partial charge in [-0.2, -0.15) is 0 Å². The predicted molar refractivity (Wildman–Crippen MR) is 61.9 cm³/mol. The summed E-state index contributed by atoms with van der Waals surface area (Å²) in [5, 5.41) is 7.89. The minimum atomic E-state index is 0.0793. The Hall–Kier alpha value is -0.900. The first-order valence-electron chi connectivity index (χ1n) is 6.41. The van der Waals surface area contributed by atoms with Crippen LogP contribution in [0.3, 0.4) is 0 Å². The molecule has 1 aromatic rings. The molecule has 1 aromatic heterocycles. The highest BCUT2D eigenvalue weighted by atomic mass is 16.5. The molecular weight excluding hydrogens is 202 g/mol. The summed E-state index contributed by atoms with van der Waals surface area (Å²) in [6.45, 7) is 2.17. The number of aromatic nitrogens is 3. The van der Waals surface area contributed by atoms with Crippen LogP contribution in [0.5, 0.6) is 0 Å². The van der Waals surface area contributed by atoms with Gasteiger partial charge in [0.25, 0.3) is 0 Å². The summed E-state index contributed by atoms with van der Waals surface area (Å²) in [4.78, 5) is 0. The highest BCUT2D eigenvalue weighted by molar-refractivity contribution is 4.71. The van der Waals surface area contributed by atoms with Crippen molar-refractivity contribution in [2.75, 3.05) is 0 Å². The lowest BCUT2D eigenvalue weighted by molar-refractivity contribution is -0.0787. The highest BCUT2D eigenvalue weighted by Crippen LogP contribution is 2.25. The quantitative estimate of drug-likeness (QED) is 0.770. The summed E-state index contributed by atoms with van der Waals surface area (Å²) in [7, 11) is 0. The van der Waals surface area contributed by atoms with E-state index in [0.717, 1.165) is 12.8 Å². The van der Waals surface area contributed by atoms with Gasteiger partial charge in [-0.3, -0.25) is 0 Å². The lowest BCUT2D eigenvalue weighted by atomic mass is 9.98. The van der Waals surface area contributed by atoms with Crippen molar-refractivity contribution < 1.29 is 4.74 Å². The van der Waals surface area contributed by atoms with Crippen molar-refractivity contribution >= 4 is 0 Å². The largest absolute Gasteiger partial charge is 0.353 e. The Morgan fingerprint density at radius 2 is 2.19 bits per heavy atom. The van der Waals surface area contributed by atoms with Crippen molar-refractivity contribution in [3.8, 4) is 0 Å². The molecule has 1 fully saturated rings. The molecule has 0 bridgehead atoms. The third-order valence-corrected chi connectivity index (χ3v) is 3.17. The molecule has 0 radical (unpaired) electrons. The minimum absolute atomic E-state index is 0.0793. The van der Waals surface area contributed by atoms with Gasteiger partial charge in [0.15, 0.2) is 6.23 Å². The molecule has 1 aliphatic rings. The summed E-state index contributed by atoms with van der Waals surface area (Å²) >= 11 is 0. The maximum absolute atomic E-state index is 6.14. The second-order valence-corrected chi connectivity index (χ2v) is 4.52. The van der Waals surface area contributed by atoms with E-state index in [0.29, 0.717) is 6.10 Å². The molecule has 0 spiro atoms. The molecule has 0 saturated heterocycles. The number of ether oxygens (including phenoxy) is 1. The molecule has 1 saturated carbocycles. The van der Waals surface area contributed by atoms with E-state index in [2.05, 4.69) is 17.2 Å². The van der Waals surface area contributed by atoms with E-state index in [9.17, 15) is 0 Å². The van der Waals surface area contributed by atoms with E-state index in [-0.39, 0.29) is 6.23 Å². The van der Waals surface area contributed by atoms with Crippen molar-refractivity contribution in [2.45, 2.75) is 64.2 Å². The SMILES string of the molecule is CCCC(OC1CCCCC1)n1ccnn1. The first-order chi connectivity index (χ1) is 7.90. The lowest BCUT2D eigenvalue weighted by Gasteiger charge is -2.27. The molecule has 0 amide bonds. The van der Waals surface area contributed by atoms with Gasteiger partial charge >= 0.3 is 0 Å². The molecule has 0 aliphatic heterocycles. The molecule has 4 nitrogen and oxygen atoms in total. The fourth-order valence-electron chi connectivity index (χ4n) is 2.30. The van der Waals surface area contributed by atoms with E-state index in [4.69, 9.17) is 4.74 Å². The summed E-state index contributed by atoms with van der Waals surface area (Å²) in [5.74, 6) is 0. The monoisotopic (exact) mass is 223 g/mol. The van der Waals surface area contributed by atoms with Crippen LogP contribution in [0.25, 0.3) is 0 Å². The van der Waals surface area contributed by atoms with Crippen LogP contribution < -0.4 is 0 Å².